The minimum absolute atomic E-state index is 0.512. The normalized spacial score (nSPS) is 21.3. The van der Waals surface area contributed by atoms with E-state index in [0.29, 0.717) is 21.8 Å². The van der Waals surface area contributed by atoms with Gasteiger partial charge in [-0.2, -0.15) is 0 Å². The van der Waals surface area contributed by atoms with Gasteiger partial charge in [-0.25, -0.2) is 0 Å². The van der Waals surface area contributed by atoms with Crippen molar-refractivity contribution in [3.63, 3.8) is 0 Å². The molecule has 0 spiro atoms. The third kappa shape index (κ3) is 2.68. The molecule has 0 aromatic heterocycles. The van der Waals surface area contributed by atoms with Crippen molar-refractivity contribution in [1.29, 1.82) is 0 Å². The van der Waals surface area contributed by atoms with E-state index in [4.69, 9.17) is 28.9 Å². The summed E-state index contributed by atoms with van der Waals surface area (Å²) in [5.74, 6) is 0. The average Bonchev–Trinajstić information content (AvgIpc) is 2.33. The van der Waals surface area contributed by atoms with Crippen LogP contribution < -0.4 is 10.6 Å². The molecular weight excluding hydrogens is 269 g/mol. The summed E-state index contributed by atoms with van der Waals surface area (Å²) in [6.45, 7) is 8.52. The van der Waals surface area contributed by atoms with Crippen LogP contribution in [-0.4, -0.2) is 37.1 Å². The van der Waals surface area contributed by atoms with Gasteiger partial charge in [0.2, 0.25) is 0 Å². The molecule has 1 saturated heterocycles. The molecule has 1 unspecified atom stereocenters. The van der Waals surface area contributed by atoms with Gasteiger partial charge in [0.1, 0.15) is 0 Å². The van der Waals surface area contributed by atoms with Crippen molar-refractivity contribution >= 4 is 34.6 Å². The molecule has 2 N–H and O–H groups in total. The van der Waals surface area contributed by atoms with E-state index in [-0.39, 0.29) is 0 Å². The van der Waals surface area contributed by atoms with Crippen molar-refractivity contribution in [2.24, 2.45) is 0 Å². The quantitative estimate of drug-likeness (QED) is 0.849. The molecular formula is C13H19Cl2N3. The maximum absolute atomic E-state index is 6.07. The molecule has 18 heavy (non-hydrogen) atoms. The highest BCUT2D eigenvalue weighted by Crippen LogP contribution is 2.34. The maximum atomic E-state index is 6.07. The van der Waals surface area contributed by atoms with Crippen LogP contribution in [0.1, 0.15) is 13.8 Å². The summed E-state index contributed by atoms with van der Waals surface area (Å²) >= 11 is 12.0. The lowest BCUT2D eigenvalue weighted by molar-refractivity contribution is 0.199. The van der Waals surface area contributed by atoms with E-state index < -0.39 is 0 Å². The van der Waals surface area contributed by atoms with Crippen LogP contribution in [0.2, 0.25) is 10.0 Å². The van der Waals surface area contributed by atoms with E-state index in [1.807, 2.05) is 6.07 Å². The van der Waals surface area contributed by atoms with Crippen molar-refractivity contribution < 1.29 is 0 Å². The first-order valence-electron chi connectivity index (χ1n) is 6.26. The smallest absolute Gasteiger partial charge is 0.0616 e. The number of rotatable bonds is 2. The number of halogens is 2. The van der Waals surface area contributed by atoms with Gasteiger partial charge in [0.25, 0.3) is 0 Å². The molecule has 1 aromatic carbocycles. The molecule has 1 aliphatic heterocycles. The van der Waals surface area contributed by atoms with Crippen LogP contribution in [-0.2, 0) is 0 Å². The van der Waals surface area contributed by atoms with Crippen molar-refractivity contribution in [1.82, 2.24) is 4.90 Å². The maximum Gasteiger partial charge on any atom is 0.0616 e. The van der Waals surface area contributed by atoms with E-state index in [2.05, 4.69) is 23.6 Å². The Morgan fingerprint density at radius 2 is 1.94 bits per heavy atom. The fourth-order valence-corrected chi connectivity index (χ4v) is 2.84. The monoisotopic (exact) mass is 287 g/mol. The number of nitrogen functional groups attached to an aromatic ring is 1. The molecule has 0 amide bonds. The van der Waals surface area contributed by atoms with Gasteiger partial charge in [-0.3, -0.25) is 4.90 Å². The van der Waals surface area contributed by atoms with Gasteiger partial charge in [0.15, 0.2) is 0 Å². The first-order chi connectivity index (χ1) is 8.52. The fraction of sp³-hybridized carbons (Fsp3) is 0.538. The highest BCUT2D eigenvalue weighted by molar-refractivity contribution is 6.42. The zero-order chi connectivity index (χ0) is 13.3. The predicted octanol–water partition coefficient (Wildman–Crippen LogP) is 3.11. The highest BCUT2D eigenvalue weighted by atomic mass is 35.5. The summed E-state index contributed by atoms with van der Waals surface area (Å²) in [4.78, 5) is 4.75. The van der Waals surface area contributed by atoms with Crippen LogP contribution in [0.4, 0.5) is 11.4 Å². The number of likely N-dealkylation sites (N-methyl/N-ethyl adjacent to an activating group) is 1. The molecule has 1 aromatic rings. The van der Waals surface area contributed by atoms with E-state index in [0.717, 1.165) is 31.9 Å². The van der Waals surface area contributed by atoms with Gasteiger partial charge in [-0.1, -0.05) is 30.1 Å². The lowest BCUT2D eigenvalue weighted by Gasteiger charge is -2.41. The second-order valence-corrected chi connectivity index (χ2v) is 5.56. The fourth-order valence-electron chi connectivity index (χ4n) is 2.51. The molecule has 5 heteroatoms. The lowest BCUT2D eigenvalue weighted by Crippen LogP contribution is -2.51. The van der Waals surface area contributed by atoms with E-state index in [1.54, 1.807) is 6.07 Å². The Balaban J connectivity index is 2.20. The van der Waals surface area contributed by atoms with Crippen molar-refractivity contribution in [2.75, 3.05) is 36.8 Å². The van der Waals surface area contributed by atoms with Gasteiger partial charge in [0, 0.05) is 25.7 Å². The first kappa shape index (κ1) is 13.8. The van der Waals surface area contributed by atoms with E-state index in [9.17, 15) is 0 Å². The van der Waals surface area contributed by atoms with Crippen molar-refractivity contribution in [2.45, 2.75) is 19.9 Å². The SMILES string of the molecule is CCN1CCN(c2cc(Cl)c(Cl)cc2N)CC1C. The first-order valence-corrected chi connectivity index (χ1v) is 7.02. The highest BCUT2D eigenvalue weighted by Gasteiger charge is 2.24. The van der Waals surface area contributed by atoms with Crippen LogP contribution in [0.5, 0.6) is 0 Å². The van der Waals surface area contributed by atoms with Gasteiger partial charge in [-0.05, 0) is 25.6 Å². The van der Waals surface area contributed by atoms with Gasteiger partial charge in [0.05, 0.1) is 21.4 Å². The predicted molar refractivity (Wildman–Crippen MR) is 79.8 cm³/mol. The number of nitrogens with zero attached hydrogens (tertiary/aromatic N) is 2. The van der Waals surface area contributed by atoms with Crippen molar-refractivity contribution in [3.05, 3.63) is 22.2 Å². The molecule has 0 radical (unpaired) electrons. The molecule has 1 heterocycles. The summed E-state index contributed by atoms with van der Waals surface area (Å²) in [7, 11) is 0. The minimum atomic E-state index is 0.512. The number of hydrogen-bond acceptors (Lipinski definition) is 3. The average molecular weight is 288 g/mol. The third-order valence-electron chi connectivity index (χ3n) is 3.58. The van der Waals surface area contributed by atoms with Crippen LogP contribution in [0.15, 0.2) is 12.1 Å². The Hall–Kier alpha value is -0.640. The number of nitrogens with two attached hydrogens (primary N) is 1. The summed E-state index contributed by atoms with van der Waals surface area (Å²) < 4.78 is 0. The van der Waals surface area contributed by atoms with Crippen LogP contribution in [0.25, 0.3) is 0 Å². The Morgan fingerprint density at radius 3 is 2.56 bits per heavy atom. The molecule has 3 nitrogen and oxygen atoms in total. The molecule has 0 saturated carbocycles. The second-order valence-electron chi connectivity index (χ2n) is 4.75. The number of piperazine rings is 1. The molecule has 2 rings (SSSR count). The molecule has 100 valence electrons. The minimum Gasteiger partial charge on any atom is -0.397 e. The van der Waals surface area contributed by atoms with Gasteiger partial charge < -0.3 is 10.6 Å². The van der Waals surface area contributed by atoms with Gasteiger partial charge in [-0.15, -0.1) is 0 Å². The number of anilines is 2. The summed E-state index contributed by atoms with van der Waals surface area (Å²) in [6, 6.07) is 4.13. The molecule has 1 fully saturated rings. The molecule has 0 aliphatic carbocycles. The zero-order valence-corrected chi connectivity index (χ0v) is 12.3. The number of hydrogen-bond donors (Lipinski definition) is 1. The Morgan fingerprint density at radius 1 is 1.28 bits per heavy atom. The Labute approximate surface area is 118 Å². The topological polar surface area (TPSA) is 32.5 Å². The lowest BCUT2D eigenvalue weighted by atomic mass is 10.1. The summed E-state index contributed by atoms with van der Waals surface area (Å²) in [6.07, 6.45) is 0. The molecule has 1 aliphatic rings. The number of benzene rings is 1. The standard InChI is InChI=1S/C13H19Cl2N3/c1-3-17-4-5-18(8-9(17)2)13-7-11(15)10(14)6-12(13)16/h6-7,9H,3-5,8,16H2,1-2H3. The molecule has 0 bridgehead atoms. The van der Waals surface area contributed by atoms with E-state index >= 15 is 0 Å². The van der Waals surface area contributed by atoms with E-state index in [1.165, 1.54) is 0 Å². The van der Waals surface area contributed by atoms with Crippen molar-refractivity contribution in [3.8, 4) is 0 Å². The van der Waals surface area contributed by atoms with Crippen LogP contribution in [0, 0.1) is 0 Å². The summed E-state index contributed by atoms with van der Waals surface area (Å²) in [5, 5.41) is 1.07. The van der Waals surface area contributed by atoms with Gasteiger partial charge >= 0.3 is 0 Å². The summed E-state index contributed by atoms with van der Waals surface area (Å²) in [5.41, 5.74) is 7.72. The zero-order valence-electron chi connectivity index (χ0n) is 10.8. The third-order valence-corrected chi connectivity index (χ3v) is 4.30. The van der Waals surface area contributed by atoms with Crippen LogP contribution >= 0.6 is 23.2 Å². The largest absolute Gasteiger partial charge is 0.397 e. The Kier molecular flexibility index (Phi) is 4.25. The molecule has 1 atom stereocenters. The van der Waals surface area contributed by atoms with Crippen LogP contribution in [0.3, 0.4) is 0 Å². The Bertz CT molecular complexity index is 436. The second kappa shape index (κ2) is 5.55.